The third kappa shape index (κ3) is 3.56. The van der Waals surface area contributed by atoms with Crippen LogP contribution < -0.4 is 11.3 Å². The molecule has 1 unspecified atom stereocenters. The summed E-state index contributed by atoms with van der Waals surface area (Å²) in [6.07, 6.45) is 6.52. The smallest absolute Gasteiger partial charge is 0.0286 e. The van der Waals surface area contributed by atoms with Crippen LogP contribution in [0.3, 0.4) is 0 Å². The van der Waals surface area contributed by atoms with Crippen LogP contribution in [-0.4, -0.2) is 6.04 Å². The van der Waals surface area contributed by atoms with Gasteiger partial charge in [0.05, 0.1) is 0 Å². The maximum absolute atomic E-state index is 5.77. The molecule has 1 atom stereocenters. The van der Waals surface area contributed by atoms with E-state index in [0.29, 0.717) is 6.04 Å². The maximum atomic E-state index is 5.77. The van der Waals surface area contributed by atoms with E-state index in [-0.39, 0.29) is 0 Å². The van der Waals surface area contributed by atoms with Gasteiger partial charge in [-0.2, -0.15) is 0 Å². The van der Waals surface area contributed by atoms with E-state index in [0.717, 1.165) is 24.2 Å². The van der Waals surface area contributed by atoms with Crippen molar-refractivity contribution in [3.8, 4) is 0 Å². The molecule has 0 radical (unpaired) electrons. The second-order valence-electron chi connectivity index (χ2n) is 5.98. The van der Waals surface area contributed by atoms with Crippen molar-refractivity contribution in [1.82, 2.24) is 5.43 Å². The Hall–Kier alpha value is -0.380. The third-order valence-electron chi connectivity index (χ3n) is 4.54. The van der Waals surface area contributed by atoms with Crippen LogP contribution in [0.4, 0.5) is 0 Å². The lowest BCUT2D eigenvalue weighted by Gasteiger charge is -2.35. The standard InChI is InChI=1S/C15H26N2S/c1-11(2)12-5-7-13(8-6-12)15(17-16)10-14-4-3-9-18-14/h3-4,9,11-13,15,17H,5-8,10,16H2,1-2H3. The zero-order chi connectivity index (χ0) is 13.0. The molecule has 0 aromatic carbocycles. The van der Waals surface area contributed by atoms with Crippen molar-refractivity contribution in [3.05, 3.63) is 22.4 Å². The van der Waals surface area contributed by atoms with Crippen LogP contribution in [0.1, 0.15) is 44.4 Å². The van der Waals surface area contributed by atoms with Gasteiger partial charge in [0.1, 0.15) is 0 Å². The molecule has 1 heterocycles. The first kappa shape index (κ1) is 14.0. The number of nitrogens with one attached hydrogen (secondary N) is 1. The molecule has 1 fully saturated rings. The molecule has 1 aliphatic carbocycles. The van der Waals surface area contributed by atoms with Crippen LogP contribution in [0.15, 0.2) is 17.5 Å². The number of hydrogen-bond acceptors (Lipinski definition) is 3. The minimum atomic E-state index is 0.455. The molecule has 0 spiro atoms. The summed E-state index contributed by atoms with van der Waals surface area (Å²) in [6.45, 7) is 4.71. The molecule has 1 aromatic heterocycles. The Bertz CT molecular complexity index is 326. The van der Waals surface area contributed by atoms with Crippen molar-refractivity contribution >= 4 is 11.3 Å². The van der Waals surface area contributed by atoms with E-state index in [4.69, 9.17) is 5.84 Å². The van der Waals surface area contributed by atoms with Gasteiger partial charge in [-0.25, -0.2) is 0 Å². The van der Waals surface area contributed by atoms with Crippen LogP contribution in [0, 0.1) is 17.8 Å². The van der Waals surface area contributed by atoms with Crippen molar-refractivity contribution in [2.45, 2.75) is 52.0 Å². The average molecular weight is 266 g/mol. The molecule has 3 heteroatoms. The predicted octanol–water partition coefficient (Wildman–Crippen LogP) is 3.58. The van der Waals surface area contributed by atoms with Crippen LogP contribution in [0.5, 0.6) is 0 Å². The number of hydrogen-bond donors (Lipinski definition) is 2. The number of nitrogens with two attached hydrogens (primary N) is 1. The van der Waals surface area contributed by atoms with Gasteiger partial charge in [-0.15, -0.1) is 11.3 Å². The molecule has 0 aliphatic heterocycles. The minimum Gasteiger partial charge on any atom is -0.271 e. The maximum Gasteiger partial charge on any atom is 0.0286 e. The summed E-state index contributed by atoms with van der Waals surface area (Å²) in [4.78, 5) is 1.45. The van der Waals surface area contributed by atoms with Gasteiger partial charge < -0.3 is 0 Å². The summed E-state index contributed by atoms with van der Waals surface area (Å²) in [5, 5.41) is 2.15. The molecule has 102 valence electrons. The molecule has 1 saturated carbocycles. The van der Waals surface area contributed by atoms with E-state index >= 15 is 0 Å². The molecular formula is C15H26N2S. The van der Waals surface area contributed by atoms with Crippen molar-refractivity contribution in [3.63, 3.8) is 0 Å². The highest BCUT2D eigenvalue weighted by molar-refractivity contribution is 7.09. The zero-order valence-electron chi connectivity index (χ0n) is 11.6. The summed E-state index contributed by atoms with van der Waals surface area (Å²) in [5.41, 5.74) is 3.06. The highest BCUT2D eigenvalue weighted by Gasteiger charge is 2.28. The monoisotopic (exact) mass is 266 g/mol. The summed E-state index contributed by atoms with van der Waals surface area (Å²) in [5.74, 6) is 8.30. The van der Waals surface area contributed by atoms with Crippen molar-refractivity contribution in [1.29, 1.82) is 0 Å². The Balaban J connectivity index is 1.86. The van der Waals surface area contributed by atoms with Crippen molar-refractivity contribution in [2.24, 2.45) is 23.6 Å². The van der Waals surface area contributed by atoms with Crippen LogP contribution in [0.2, 0.25) is 0 Å². The van der Waals surface area contributed by atoms with E-state index in [1.54, 1.807) is 0 Å². The Morgan fingerprint density at radius 2 is 1.94 bits per heavy atom. The highest BCUT2D eigenvalue weighted by atomic mass is 32.1. The number of hydrazine groups is 1. The summed E-state index contributed by atoms with van der Waals surface area (Å²) in [6, 6.07) is 4.80. The Labute approximate surface area is 115 Å². The lowest BCUT2D eigenvalue weighted by atomic mass is 9.74. The molecule has 18 heavy (non-hydrogen) atoms. The van der Waals surface area contributed by atoms with E-state index in [1.165, 1.54) is 30.6 Å². The average Bonchev–Trinajstić information content (AvgIpc) is 2.89. The van der Waals surface area contributed by atoms with E-state index in [9.17, 15) is 0 Å². The first-order valence-corrected chi connectivity index (χ1v) is 8.07. The van der Waals surface area contributed by atoms with Crippen LogP contribution in [0.25, 0.3) is 0 Å². The topological polar surface area (TPSA) is 38.0 Å². The fraction of sp³-hybridized carbons (Fsp3) is 0.733. The quantitative estimate of drug-likeness (QED) is 0.631. The van der Waals surface area contributed by atoms with Gasteiger partial charge in [0.15, 0.2) is 0 Å². The zero-order valence-corrected chi connectivity index (χ0v) is 12.4. The lowest BCUT2D eigenvalue weighted by Crippen LogP contribution is -2.43. The van der Waals surface area contributed by atoms with Crippen molar-refractivity contribution in [2.75, 3.05) is 0 Å². The number of thiophene rings is 1. The van der Waals surface area contributed by atoms with Gasteiger partial charge in [-0.05, 0) is 61.3 Å². The molecule has 1 aliphatic rings. The molecule has 0 saturated heterocycles. The molecule has 3 N–H and O–H groups in total. The molecule has 2 rings (SSSR count). The van der Waals surface area contributed by atoms with Crippen molar-refractivity contribution < 1.29 is 0 Å². The van der Waals surface area contributed by atoms with Gasteiger partial charge in [-0.1, -0.05) is 19.9 Å². The Morgan fingerprint density at radius 3 is 2.44 bits per heavy atom. The first-order chi connectivity index (χ1) is 8.70. The van der Waals surface area contributed by atoms with E-state index < -0.39 is 0 Å². The summed E-state index contributed by atoms with van der Waals surface area (Å²) in [7, 11) is 0. The normalized spacial score (nSPS) is 26.4. The largest absolute Gasteiger partial charge is 0.271 e. The van der Waals surface area contributed by atoms with Gasteiger partial charge in [0, 0.05) is 10.9 Å². The van der Waals surface area contributed by atoms with E-state index in [1.807, 2.05) is 11.3 Å². The first-order valence-electron chi connectivity index (χ1n) is 7.19. The van der Waals surface area contributed by atoms with Gasteiger partial charge in [0.2, 0.25) is 0 Å². The fourth-order valence-corrected chi connectivity index (χ4v) is 3.99. The van der Waals surface area contributed by atoms with Crippen LogP contribution >= 0.6 is 11.3 Å². The summed E-state index contributed by atoms with van der Waals surface area (Å²) >= 11 is 1.84. The molecule has 1 aromatic rings. The number of rotatable bonds is 5. The second kappa shape index (κ2) is 6.69. The molecule has 2 nitrogen and oxygen atoms in total. The SMILES string of the molecule is CC(C)C1CCC(C(Cc2cccs2)NN)CC1. The molecule has 0 bridgehead atoms. The fourth-order valence-electron chi connectivity index (χ4n) is 3.22. The van der Waals surface area contributed by atoms with Gasteiger partial charge >= 0.3 is 0 Å². The minimum absolute atomic E-state index is 0.455. The second-order valence-corrected chi connectivity index (χ2v) is 7.01. The van der Waals surface area contributed by atoms with Gasteiger partial charge in [0.25, 0.3) is 0 Å². The highest BCUT2D eigenvalue weighted by Crippen LogP contribution is 2.35. The van der Waals surface area contributed by atoms with Gasteiger partial charge in [-0.3, -0.25) is 11.3 Å². The molecular weight excluding hydrogens is 240 g/mol. The van der Waals surface area contributed by atoms with Crippen LogP contribution in [-0.2, 0) is 6.42 Å². The third-order valence-corrected chi connectivity index (χ3v) is 5.44. The van der Waals surface area contributed by atoms with E-state index in [2.05, 4.69) is 36.8 Å². The Morgan fingerprint density at radius 1 is 1.28 bits per heavy atom. The summed E-state index contributed by atoms with van der Waals surface area (Å²) < 4.78 is 0. The lowest BCUT2D eigenvalue weighted by molar-refractivity contribution is 0.188. The molecule has 0 amide bonds. The predicted molar refractivity (Wildman–Crippen MR) is 79.4 cm³/mol. The Kier molecular flexibility index (Phi) is 5.22.